The van der Waals surface area contributed by atoms with Crippen LogP contribution in [0.4, 0.5) is 13.2 Å². The number of nitriles is 1. The highest BCUT2D eigenvalue weighted by molar-refractivity contribution is 6.18. The molecule has 0 aromatic heterocycles. The van der Waals surface area contributed by atoms with E-state index in [1.165, 1.54) is 6.92 Å². The van der Waals surface area contributed by atoms with Gasteiger partial charge in [-0.25, -0.2) is 4.79 Å². The molecule has 0 aliphatic carbocycles. The van der Waals surface area contributed by atoms with Gasteiger partial charge in [0.2, 0.25) is 0 Å². The lowest BCUT2D eigenvalue weighted by Crippen LogP contribution is -2.13. The van der Waals surface area contributed by atoms with Gasteiger partial charge in [-0.1, -0.05) is 0 Å². The van der Waals surface area contributed by atoms with Crippen molar-refractivity contribution in [3.63, 3.8) is 0 Å². The fourth-order valence-electron chi connectivity index (χ4n) is 1.47. The molecule has 102 valence electrons. The maximum absolute atomic E-state index is 12.7. The van der Waals surface area contributed by atoms with Crippen LogP contribution in [-0.2, 0) is 16.8 Å². The zero-order chi connectivity index (χ0) is 14.6. The van der Waals surface area contributed by atoms with Gasteiger partial charge in [0.15, 0.2) is 0 Å². The van der Waals surface area contributed by atoms with E-state index in [0.717, 1.165) is 0 Å². The standard InChI is InChI=1S/C12H9ClF3NO2/c1-2-19-11(18)9-4-8(12(14,15)16)3-7(6-17)10(9)5-13/h3-4H,2,5H2,1H3. The minimum Gasteiger partial charge on any atom is -0.462 e. The molecular weight excluding hydrogens is 283 g/mol. The van der Waals surface area contributed by atoms with Crippen molar-refractivity contribution in [1.82, 2.24) is 0 Å². The fraction of sp³-hybridized carbons (Fsp3) is 0.333. The predicted octanol–water partition coefficient (Wildman–Crippen LogP) is 3.49. The molecule has 0 amide bonds. The SMILES string of the molecule is CCOC(=O)c1cc(C(F)(F)F)cc(C#N)c1CCl. The summed E-state index contributed by atoms with van der Waals surface area (Å²) in [4.78, 5) is 11.6. The van der Waals surface area contributed by atoms with Crippen LogP contribution in [-0.4, -0.2) is 12.6 Å². The van der Waals surface area contributed by atoms with E-state index < -0.39 is 17.7 Å². The van der Waals surface area contributed by atoms with Gasteiger partial charge in [-0.2, -0.15) is 18.4 Å². The Labute approximate surface area is 112 Å². The fourth-order valence-corrected chi connectivity index (χ4v) is 1.76. The molecule has 1 aromatic rings. The second-order valence-corrected chi connectivity index (χ2v) is 3.78. The molecule has 0 bridgehead atoms. The Kier molecular flexibility index (Phi) is 4.78. The molecule has 19 heavy (non-hydrogen) atoms. The topological polar surface area (TPSA) is 50.1 Å². The first kappa shape index (κ1) is 15.3. The molecule has 1 rings (SSSR count). The first-order valence-corrected chi connectivity index (χ1v) is 5.75. The van der Waals surface area contributed by atoms with Crippen LogP contribution in [0.1, 0.15) is 34.0 Å². The molecule has 0 N–H and O–H groups in total. The van der Waals surface area contributed by atoms with Crippen LogP contribution >= 0.6 is 11.6 Å². The molecule has 0 aliphatic heterocycles. The second-order valence-electron chi connectivity index (χ2n) is 3.51. The summed E-state index contributed by atoms with van der Waals surface area (Å²) in [6.07, 6.45) is -4.66. The van der Waals surface area contributed by atoms with E-state index in [1.807, 2.05) is 0 Å². The van der Waals surface area contributed by atoms with E-state index in [9.17, 15) is 18.0 Å². The predicted molar refractivity (Wildman–Crippen MR) is 61.7 cm³/mol. The molecule has 3 nitrogen and oxygen atoms in total. The highest BCUT2D eigenvalue weighted by Gasteiger charge is 2.33. The van der Waals surface area contributed by atoms with Gasteiger partial charge in [0.1, 0.15) is 0 Å². The van der Waals surface area contributed by atoms with Crippen LogP contribution in [0.3, 0.4) is 0 Å². The normalized spacial score (nSPS) is 10.9. The molecule has 1 aromatic carbocycles. The Morgan fingerprint density at radius 1 is 1.47 bits per heavy atom. The summed E-state index contributed by atoms with van der Waals surface area (Å²) >= 11 is 5.59. The number of ether oxygens (including phenoxy) is 1. The van der Waals surface area contributed by atoms with Crippen molar-refractivity contribution in [2.45, 2.75) is 19.0 Å². The number of alkyl halides is 4. The average molecular weight is 292 g/mol. The first-order chi connectivity index (χ1) is 8.85. The molecule has 0 atom stereocenters. The van der Waals surface area contributed by atoms with Gasteiger partial charge in [-0.3, -0.25) is 0 Å². The highest BCUT2D eigenvalue weighted by atomic mass is 35.5. The third-order valence-electron chi connectivity index (χ3n) is 2.33. The van der Waals surface area contributed by atoms with Crippen molar-refractivity contribution in [3.05, 3.63) is 34.4 Å². The number of hydrogen-bond acceptors (Lipinski definition) is 3. The summed E-state index contributed by atoms with van der Waals surface area (Å²) in [6, 6.07) is 2.92. The summed E-state index contributed by atoms with van der Waals surface area (Å²) in [6.45, 7) is 1.54. The largest absolute Gasteiger partial charge is 0.462 e. The van der Waals surface area contributed by atoms with E-state index in [2.05, 4.69) is 4.74 Å². The molecule has 7 heteroatoms. The second kappa shape index (κ2) is 5.93. The van der Waals surface area contributed by atoms with Crippen molar-refractivity contribution >= 4 is 17.6 Å². The summed E-state index contributed by atoms with van der Waals surface area (Å²) in [5.74, 6) is -1.18. The monoisotopic (exact) mass is 291 g/mol. The molecule has 0 heterocycles. The molecule has 0 fully saturated rings. The van der Waals surface area contributed by atoms with E-state index in [0.29, 0.717) is 12.1 Å². The smallest absolute Gasteiger partial charge is 0.416 e. The van der Waals surface area contributed by atoms with Gasteiger partial charge in [-0.15, -0.1) is 11.6 Å². The van der Waals surface area contributed by atoms with Gasteiger partial charge < -0.3 is 4.74 Å². The van der Waals surface area contributed by atoms with E-state index >= 15 is 0 Å². The van der Waals surface area contributed by atoms with Crippen LogP contribution in [0.15, 0.2) is 12.1 Å². The molecule has 0 aliphatic rings. The van der Waals surface area contributed by atoms with Crippen LogP contribution in [0.5, 0.6) is 0 Å². The highest BCUT2D eigenvalue weighted by Crippen LogP contribution is 2.33. The van der Waals surface area contributed by atoms with E-state index in [4.69, 9.17) is 16.9 Å². The van der Waals surface area contributed by atoms with Gasteiger partial charge in [0.05, 0.1) is 29.4 Å². The lowest BCUT2D eigenvalue weighted by molar-refractivity contribution is -0.137. The first-order valence-electron chi connectivity index (χ1n) is 5.22. The number of rotatable bonds is 3. The third-order valence-corrected chi connectivity index (χ3v) is 2.59. The summed E-state index contributed by atoms with van der Waals surface area (Å²) < 4.78 is 42.7. The minimum atomic E-state index is -4.66. The van der Waals surface area contributed by atoms with Crippen LogP contribution in [0.2, 0.25) is 0 Å². The van der Waals surface area contributed by atoms with Crippen molar-refractivity contribution in [3.8, 4) is 6.07 Å². The van der Waals surface area contributed by atoms with Crippen LogP contribution in [0.25, 0.3) is 0 Å². The zero-order valence-electron chi connectivity index (χ0n) is 9.84. The lowest BCUT2D eigenvalue weighted by Gasteiger charge is -2.13. The number of hydrogen-bond donors (Lipinski definition) is 0. The van der Waals surface area contributed by atoms with E-state index in [1.54, 1.807) is 6.07 Å². The molecule has 0 unspecified atom stereocenters. The number of esters is 1. The van der Waals surface area contributed by atoms with Crippen molar-refractivity contribution < 1.29 is 22.7 Å². The van der Waals surface area contributed by atoms with Gasteiger partial charge in [-0.05, 0) is 24.6 Å². The number of nitrogens with zero attached hydrogens (tertiary/aromatic N) is 1. The molecular formula is C12H9ClF3NO2. The maximum atomic E-state index is 12.7. The Hall–Kier alpha value is -1.74. The Bertz CT molecular complexity index is 535. The average Bonchev–Trinajstić information content (AvgIpc) is 2.36. The quantitative estimate of drug-likeness (QED) is 0.632. The lowest BCUT2D eigenvalue weighted by atomic mass is 9.99. The number of halogens is 4. The maximum Gasteiger partial charge on any atom is 0.416 e. The van der Waals surface area contributed by atoms with Crippen molar-refractivity contribution in [2.75, 3.05) is 6.61 Å². The Morgan fingerprint density at radius 3 is 2.53 bits per heavy atom. The summed E-state index contributed by atoms with van der Waals surface area (Å²) in [7, 11) is 0. The molecule has 0 radical (unpaired) electrons. The zero-order valence-corrected chi connectivity index (χ0v) is 10.6. The van der Waals surface area contributed by atoms with Crippen molar-refractivity contribution in [1.29, 1.82) is 5.26 Å². The Morgan fingerprint density at radius 2 is 2.11 bits per heavy atom. The number of benzene rings is 1. The van der Waals surface area contributed by atoms with Gasteiger partial charge in [0, 0.05) is 5.88 Å². The van der Waals surface area contributed by atoms with Gasteiger partial charge >= 0.3 is 12.1 Å². The summed E-state index contributed by atoms with van der Waals surface area (Å²) in [5, 5.41) is 8.85. The Balaban J connectivity index is 3.50. The molecule has 0 saturated carbocycles. The third kappa shape index (κ3) is 3.38. The number of carbonyl (C=O) groups is 1. The number of carbonyl (C=O) groups excluding carboxylic acids is 1. The van der Waals surface area contributed by atoms with Crippen LogP contribution < -0.4 is 0 Å². The molecule has 0 spiro atoms. The molecule has 0 saturated heterocycles. The van der Waals surface area contributed by atoms with Crippen molar-refractivity contribution in [2.24, 2.45) is 0 Å². The van der Waals surface area contributed by atoms with Gasteiger partial charge in [0.25, 0.3) is 0 Å². The minimum absolute atomic E-state index is 0.0126. The van der Waals surface area contributed by atoms with Crippen LogP contribution in [0, 0.1) is 11.3 Å². The van der Waals surface area contributed by atoms with E-state index in [-0.39, 0.29) is 29.2 Å². The summed E-state index contributed by atoms with van der Waals surface area (Å²) in [5.41, 5.74) is -1.66.